The van der Waals surface area contributed by atoms with Gasteiger partial charge in [-0.3, -0.25) is 4.79 Å². The normalized spacial score (nSPS) is 15.0. The number of anilines is 1. The Hall–Kier alpha value is -2.53. The van der Waals surface area contributed by atoms with Crippen molar-refractivity contribution in [3.05, 3.63) is 64.2 Å². The van der Waals surface area contributed by atoms with Gasteiger partial charge in [-0.25, -0.2) is 4.79 Å². The van der Waals surface area contributed by atoms with Crippen LogP contribution in [-0.2, 0) is 6.42 Å². The van der Waals surface area contributed by atoms with E-state index >= 15 is 0 Å². The maximum atomic E-state index is 12.9. The molecule has 166 valence electrons. The van der Waals surface area contributed by atoms with Crippen LogP contribution in [0.4, 0.5) is 5.69 Å². The van der Waals surface area contributed by atoms with E-state index in [1.54, 1.807) is 30.3 Å². The van der Waals surface area contributed by atoms with Gasteiger partial charge in [0.05, 0.1) is 11.1 Å². The lowest BCUT2D eigenvalue weighted by molar-refractivity contribution is 0.0696. The van der Waals surface area contributed by atoms with E-state index in [-0.39, 0.29) is 11.5 Å². The fourth-order valence-electron chi connectivity index (χ4n) is 4.18. The summed E-state index contributed by atoms with van der Waals surface area (Å²) in [6.45, 7) is 9.21. The van der Waals surface area contributed by atoms with Gasteiger partial charge in [0.25, 0.3) is 5.91 Å². The minimum atomic E-state index is -0.945. The van der Waals surface area contributed by atoms with Crippen LogP contribution in [0.5, 0.6) is 0 Å². The second kappa shape index (κ2) is 9.73. The standard InChI is InChI=1S/C25H31ClN2O3/c1-25(2,3)19-11-14-28(15-12-19)22-9-8-20(26)16-21(22)23(29)27-13-10-17-4-6-18(7-5-17)24(30)31/h4-9,16,19H,10-15H2,1-3H3,(H,27,29)(H,30,31). The summed E-state index contributed by atoms with van der Waals surface area (Å²) in [4.78, 5) is 26.2. The number of carbonyl (C=O) groups excluding carboxylic acids is 1. The van der Waals surface area contributed by atoms with Crippen molar-refractivity contribution in [1.29, 1.82) is 0 Å². The number of carboxylic acid groups (broad SMARTS) is 1. The molecule has 0 saturated carbocycles. The number of halogens is 1. The number of nitrogens with zero attached hydrogens (tertiary/aromatic N) is 1. The van der Waals surface area contributed by atoms with E-state index in [9.17, 15) is 9.59 Å². The summed E-state index contributed by atoms with van der Waals surface area (Å²) in [5.41, 5.74) is 3.06. The molecule has 1 saturated heterocycles. The maximum Gasteiger partial charge on any atom is 0.335 e. The molecule has 0 radical (unpaired) electrons. The second-order valence-electron chi connectivity index (χ2n) is 9.30. The van der Waals surface area contributed by atoms with Crippen molar-refractivity contribution in [3.63, 3.8) is 0 Å². The maximum absolute atomic E-state index is 12.9. The molecule has 3 rings (SSSR count). The molecule has 2 aromatic rings. The third-order valence-electron chi connectivity index (χ3n) is 6.16. The summed E-state index contributed by atoms with van der Waals surface area (Å²) in [5, 5.41) is 12.5. The van der Waals surface area contributed by atoms with Crippen LogP contribution >= 0.6 is 11.6 Å². The smallest absolute Gasteiger partial charge is 0.335 e. The molecule has 0 spiro atoms. The van der Waals surface area contributed by atoms with Gasteiger partial charge in [0, 0.05) is 30.3 Å². The van der Waals surface area contributed by atoms with E-state index in [0.717, 1.165) is 37.2 Å². The average Bonchev–Trinajstić information content (AvgIpc) is 2.73. The van der Waals surface area contributed by atoms with Crippen molar-refractivity contribution in [2.24, 2.45) is 11.3 Å². The first kappa shape index (κ1) is 23.1. The van der Waals surface area contributed by atoms with Crippen molar-refractivity contribution in [2.45, 2.75) is 40.0 Å². The SMILES string of the molecule is CC(C)(C)C1CCN(c2ccc(Cl)cc2C(=O)NCCc2ccc(C(=O)O)cc2)CC1. The number of carboxylic acids is 1. The summed E-state index contributed by atoms with van der Waals surface area (Å²) >= 11 is 6.21. The van der Waals surface area contributed by atoms with Crippen LogP contribution in [-0.4, -0.2) is 36.6 Å². The molecular weight excluding hydrogens is 412 g/mol. The lowest BCUT2D eigenvalue weighted by Gasteiger charge is -2.40. The van der Waals surface area contributed by atoms with Gasteiger partial charge in [-0.1, -0.05) is 44.5 Å². The summed E-state index contributed by atoms with van der Waals surface area (Å²) in [7, 11) is 0. The Labute approximate surface area is 189 Å². The summed E-state index contributed by atoms with van der Waals surface area (Å²) in [5.74, 6) is -0.404. The number of hydrogen-bond acceptors (Lipinski definition) is 3. The Balaban J connectivity index is 1.63. The first-order valence-corrected chi connectivity index (χ1v) is 11.2. The quantitative estimate of drug-likeness (QED) is 0.639. The molecule has 0 aliphatic carbocycles. The molecule has 31 heavy (non-hydrogen) atoms. The topological polar surface area (TPSA) is 69.6 Å². The van der Waals surface area contributed by atoms with E-state index < -0.39 is 5.97 Å². The highest BCUT2D eigenvalue weighted by molar-refractivity contribution is 6.31. The highest BCUT2D eigenvalue weighted by Crippen LogP contribution is 2.36. The third-order valence-corrected chi connectivity index (χ3v) is 6.40. The monoisotopic (exact) mass is 442 g/mol. The number of carbonyl (C=O) groups is 2. The van der Waals surface area contributed by atoms with E-state index in [0.29, 0.717) is 34.9 Å². The van der Waals surface area contributed by atoms with Crippen LogP contribution in [0.2, 0.25) is 5.02 Å². The molecule has 2 N–H and O–H groups in total. The van der Waals surface area contributed by atoms with Crippen LogP contribution in [0.15, 0.2) is 42.5 Å². The molecular formula is C25H31ClN2O3. The minimum Gasteiger partial charge on any atom is -0.478 e. The highest BCUT2D eigenvalue weighted by atomic mass is 35.5. The van der Waals surface area contributed by atoms with Gasteiger partial charge in [-0.2, -0.15) is 0 Å². The molecule has 1 aliphatic heterocycles. The van der Waals surface area contributed by atoms with E-state index in [1.807, 2.05) is 12.1 Å². The molecule has 1 aliphatic rings. The number of aromatic carboxylic acids is 1. The number of piperidine rings is 1. The number of rotatable bonds is 6. The third kappa shape index (κ3) is 6.01. The van der Waals surface area contributed by atoms with E-state index in [4.69, 9.17) is 16.7 Å². The number of benzene rings is 2. The molecule has 0 aromatic heterocycles. The average molecular weight is 443 g/mol. The largest absolute Gasteiger partial charge is 0.478 e. The van der Waals surface area contributed by atoms with Gasteiger partial charge >= 0.3 is 5.97 Å². The van der Waals surface area contributed by atoms with Gasteiger partial charge in [-0.05, 0) is 66.5 Å². The molecule has 1 amide bonds. The Kier molecular flexibility index (Phi) is 7.26. The molecule has 6 heteroatoms. The highest BCUT2D eigenvalue weighted by Gasteiger charge is 2.30. The van der Waals surface area contributed by atoms with Gasteiger partial charge < -0.3 is 15.3 Å². The molecule has 0 unspecified atom stereocenters. The van der Waals surface area contributed by atoms with Gasteiger partial charge in [-0.15, -0.1) is 0 Å². The Morgan fingerprint density at radius 1 is 1.10 bits per heavy atom. The molecule has 1 fully saturated rings. The Morgan fingerprint density at radius 2 is 1.74 bits per heavy atom. The van der Waals surface area contributed by atoms with Crippen LogP contribution < -0.4 is 10.2 Å². The summed E-state index contributed by atoms with van der Waals surface area (Å²) in [6, 6.07) is 12.2. The zero-order valence-corrected chi connectivity index (χ0v) is 19.2. The van der Waals surface area contributed by atoms with Crippen molar-refractivity contribution in [3.8, 4) is 0 Å². The fourth-order valence-corrected chi connectivity index (χ4v) is 4.35. The first-order valence-electron chi connectivity index (χ1n) is 10.8. The molecule has 5 nitrogen and oxygen atoms in total. The molecule has 0 atom stereocenters. The zero-order chi connectivity index (χ0) is 22.6. The fraction of sp³-hybridized carbons (Fsp3) is 0.440. The number of amides is 1. The van der Waals surface area contributed by atoms with Crippen LogP contribution in [0, 0.1) is 11.3 Å². The Morgan fingerprint density at radius 3 is 2.32 bits per heavy atom. The molecule has 0 bridgehead atoms. The predicted octanol–water partition coefficient (Wildman–Crippen LogP) is 5.27. The van der Waals surface area contributed by atoms with Gasteiger partial charge in [0.1, 0.15) is 0 Å². The lowest BCUT2D eigenvalue weighted by Crippen LogP contribution is -2.39. The summed E-state index contributed by atoms with van der Waals surface area (Å²) in [6.07, 6.45) is 2.84. The number of hydrogen-bond donors (Lipinski definition) is 2. The van der Waals surface area contributed by atoms with E-state index in [2.05, 4.69) is 31.0 Å². The van der Waals surface area contributed by atoms with Crippen molar-refractivity contribution < 1.29 is 14.7 Å². The van der Waals surface area contributed by atoms with Crippen molar-refractivity contribution >= 4 is 29.2 Å². The van der Waals surface area contributed by atoms with Crippen molar-refractivity contribution in [2.75, 3.05) is 24.5 Å². The van der Waals surface area contributed by atoms with Gasteiger partial charge in [0.15, 0.2) is 0 Å². The zero-order valence-electron chi connectivity index (χ0n) is 18.5. The van der Waals surface area contributed by atoms with Crippen LogP contribution in [0.3, 0.4) is 0 Å². The Bertz CT molecular complexity index is 927. The minimum absolute atomic E-state index is 0.141. The van der Waals surface area contributed by atoms with Crippen LogP contribution in [0.25, 0.3) is 0 Å². The van der Waals surface area contributed by atoms with Gasteiger partial charge in [0.2, 0.25) is 0 Å². The number of nitrogens with one attached hydrogen (secondary N) is 1. The van der Waals surface area contributed by atoms with E-state index in [1.165, 1.54) is 0 Å². The summed E-state index contributed by atoms with van der Waals surface area (Å²) < 4.78 is 0. The molecule has 1 heterocycles. The molecule has 2 aromatic carbocycles. The van der Waals surface area contributed by atoms with Crippen LogP contribution in [0.1, 0.15) is 59.9 Å². The predicted molar refractivity (Wildman–Crippen MR) is 125 cm³/mol. The second-order valence-corrected chi connectivity index (χ2v) is 9.73. The lowest BCUT2D eigenvalue weighted by atomic mass is 9.75. The van der Waals surface area contributed by atoms with Crippen molar-refractivity contribution in [1.82, 2.24) is 5.32 Å². The first-order chi connectivity index (χ1) is 14.6.